The Hall–Kier alpha value is -1.51. The second-order valence-electron chi connectivity index (χ2n) is 4.43. The highest BCUT2D eigenvalue weighted by atomic mass is 32.2. The minimum Gasteiger partial charge on any atom is -0.395 e. The number of nitrogens with one attached hydrogen (secondary N) is 1. The normalized spacial score (nSPS) is 9.86. The van der Waals surface area contributed by atoms with E-state index in [1.807, 2.05) is 6.26 Å². The van der Waals surface area contributed by atoms with Gasteiger partial charge < -0.3 is 10.4 Å². The Balaban J connectivity index is 2.55. The average Bonchev–Trinajstić information content (AvgIpc) is 2.47. The molecule has 0 aliphatic carbocycles. The van der Waals surface area contributed by atoms with E-state index in [4.69, 9.17) is 5.11 Å². The molecular weight excluding hydrogens is 289 g/mol. The molecule has 1 aromatic carbocycles. The van der Waals surface area contributed by atoms with E-state index in [9.17, 15) is 9.18 Å². The molecular formula is C16H20FNO2S. The van der Waals surface area contributed by atoms with Gasteiger partial charge in [0.15, 0.2) is 0 Å². The fourth-order valence-electron chi connectivity index (χ4n) is 1.67. The number of unbranched alkanes of at least 4 members (excludes halogenated alkanes) is 1. The zero-order valence-electron chi connectivity index (χ0n) is 12.1. The highest BCUT2D eigenvalue weighted by molar-refractivity contribution is 7.98. The van der Waals surface area contributed by atoms with Gasteiger partial charge in [-0.1, -0.05) is 11.8 Å². The van der Waals surface area contributed by atoms with E-state index in [0.717, 1.165) is 18.6 Å². The molecule has 1 rings (SSSR count). The number of aliphatic hydroxyl groups excluding tert-OH is 1. The molecule has 0 unspecified atom stereocenters. The standard InChI is InChI=1S/C16H20FNO2S/c1-21-11-5-3-9-18-16(20)14-8-7-13(12-15(14)17)6-2-4-10-19/h7-8,12,19H,3-5,9-11H2,1H3,(H,18,20). The van der Waals surface area contributed by atoms with Crippen LogP contribution in [0.5, 0.6) is 0 Å². The van der Waals surface area contributed by atoms with Gasteiger partial charge >= 0.3 is 0 Å². The van der Waals surface area contributed by atoms with Gasteiger partial charge in [0.25, 0.3) is 5.91 Å². The summed E-state index contributed by atoms with van der Waals surface area (Å²) in [6.45, 7) is 0.531. The Bertz CT molecular complexity index is 523. The molecule has 0 aromatic heterocycles. The summed E-state index contributed by atoms with van der Waals surface area (Å²) in [6.07, 6.45) is 4.31. The van der Waals surface area contributed by atoms with Crippen LogP contribution in [0.15, 0.2) is 18.2 Å². The summed E-state index contributed by atoms with van der Waals surface area (Å²) in [5, 5.41) is 11.3. The molecule has 0 atom stereocenters. The number of hydrogen-bond donors (Lipinski definition) is 2. The van der Waals surface area contributed by atoms with E-state index in [0.29, 0.717) is 18.5 Å². The second kappa shape index (κ2) is 10.3. The molecule has 0 radical (unpaired) electrons. The third kappa shape index (κ3) is 6.65. The SMILES string of the molecule is CSCCCCNC(=O)c1ccc(C#CCCO)cc1F. The summed E-state index contributed by atoms with van der Waals surface area (Å²) in [5.74, 6) is 5.53. The number of hydrogen-bond acceptors (Lipinski definition) is 3. The zero-order valence-corrected chi connectivity index (χ0v) is 12.9. The quantitative estimate of drug-likeness (QED) is 0.601. The predicted molar refractivity (Wildman–Crippen MR) is 84.9 cm³/mol. The molecule has 1 amide bonds. The van der Waals surface area contributed by atoms with Gasteiger partial charge in [0.1, 0.15) is 5.82 Å². The van der Waals surface area contributed by atoms with Gasteiger partial charge in [0, 0.05) is 18.5 Å². The molecule has 0 saturated heterocycles. The maximum Gasteiger partial charge on any atom is 0.254 e. The van der Waals surface area contributed by atoms with Gasteiger partial charge in [-0.2, -0.15) is 11.8 Å². The highest BCUT2D eigenvalue weighted by Crippen LogP contribution is 2.10. The van der Waals surface area contributed by atoms with Crippen molar-refractivity contribution < 1.29 is 14.3 Å². The van der Waals surface area contributed by atoms with Crippen LogP contribution in [-0.2, 0) is 0 Å². The lowest BCUT2D eigenvalue weighted by molar-refractivity contribution is 0.0949. The summed E-state index contributed by atoms with van der Waals surface area (Å²) in [5.41, 5.74) is 0.532. The van der Waals surface area contributed by atoms with Crippen molar-refractivity contribution in [3.8, 4) is 11.8 Å². The lowest BCUT2D eigenvalue weighted by atomic mass is 10.1. The van der Waals surface area contributed by atoms with Crippen molar-refractivity contribution in [1.82, 2.24) is 5.32 Å². The lowest BCUT2D eigenvalue weighted by Crippen LogP contribution is -2.25. The molecule has 5 heteroatoms. The first-order valence-electron chi connectivity index (χ1n) is 6.85. The highest BCUT2D eigenvalue weighted by Gasteiger charge is 2.11. The molecule has 0 spiro atoms. The smallest absolute Gasteiger partial charge is 0.254 e. The molecule has 0 saturated carbocycles. The van der Waals surface area contributed by atoms with Gasteiger partial charge in [-0.25, -0.2) is 4.39 Å². The van der Waals surface area contributed by atoms with E-state index >= 15 is 0 Å². The zero-order chi connectivity index (χ0) is 15.5. The van der Waals surface area contributed by atoms with Crippen LogP contribution in [0.2, 0.25) is 0 Å². The molecule has 3 nitrogen and oxygen atoms in total. The number of aliphatic hydroxyl groups is 1. The first kappa shape index (κ1) is 17.5. The van der Waals surface area contributed by atoms with E-state index in [2.05, 4.69) is 17.2 Å². The van der Waals surface area contributed by atoms with Gasteiger partial charge in [0.05, 0.1) is 12.2 Å². The van der Waals surface area contributed by atoms with Crippen LogP contribution in [0, 0.1) is 17.7 Å². The Kier molecular flexibility index (Phi) is 8.56. The summed E-state index contributed by atoms with van der Waals surface area (Å²) >= 11 is 1.77. The van der Waals surface area contributed by atoms with Gasteiger partial charge in [-0.15, -0.1) is 0 Å². The number of carbonyl (C=O) groups is 1. The summed E-state index contributed by atoms with van der Waals surface area (Å²) in [6, 6.07) is 4.29. The second-order valence-corrected chi connectivity index (χ2v) is 5.41. The Labute approximate surface area is 129 Å². The van der Waals surface area contributed by atoms with Crippen LogP contribution in [0.25, 0.3) is 0 Å². The minimum absolute atomic E-state index is 0.0213. The predicted octanol–water partition coefficient (Wildman–Crippen LogP) is 2.43. The Morgan fingerprint density at radius 1 is 1.43 bits per heavy atom. The number of amides is 1. The van der Waals surface area contributed by atoms with E-state index in [1.54, 1.807) is 17.8 Å². The van der Waals surface area contributed by atoms with Crippen molar-refractivity contribution >= 4 is 17.7 Å². The molecule has 0 bridgehead atoms. The van der Waals surface area contributed by atoms with Crippen LogP contribution in [0.1, 0.15) is 35.2 Å². The largest absolute Gasteiger partial charge is 0.395 e. The number of rotatable bonds is 7. The number of benzene rings is 1. The van der Waals surface area contributed by atoms with E-state index < -0.39 is 11.7 Å². The molecule has 114 valence electrons. The first-order chi connectivity index (χ1) is 10.2. The molecule has 0 aliphatic rings. The van der Waals surface area contributed by atoms with Crippen LogP contribution in [-0.4, -0.2) is 36.2 Å². The Morgan fingerprint density at radius 2 is 2.24 bits per heavy atom. The van der Waals surface area contributed by atoms with Crippen molar-refractivity contribution in [3.05, 3.63) is 35.1 Å². The fourth-order valence-corrected chi connectivity index (χ4v) is 2.16. The summed E-state index contributed by atoms with van der Waals surface area (Å²) < 4.78 is 13.9. The average molecular weight is 309 g/mol. The number of halogens is 1. The molecule has 0 fully saturated rings. The monoisotopic (exact) mass is 309 g/mol. The molecule has 2 N–H and O–H groups in total. The van der Waals surface area contributed by atoms with Gasteiger partial charge in [-0.3, -0.25) is 4.79 Å². The van der Waals surface area contributed by atoms with Gasteiger partial charge in [0.2, 0.25) is 0 Å². The van der Waals surface area contributed by atoms with Crippen LogP contribution in [0.4, 0.5) is 4.39 Å². The lowest BCUT2D eigenvalue weighted by Gasteiger charge is -2.06. The van der Waals surface area contributed by atoms with E-state index in [-0.39, 0.29) is 12.2 Å². The van der Waals surface area contributed by atoms with Crippen molar-refractivity contribution in [2.24, 2.45) is 0 Å². The van der Waals surface area contributed by atoms with E-state index in [1.165, 1.54) is 12.1 Å². The van der Waals surface area contributed by atoms with Gasteiger partial charge in [-0.05, 0) is 43.0 Å². The fraction of sp³-hybridized carbons (Fsp3) is 0.438. The van der Waals surface area contributed by atoms with Crippen LogP contribution in [0.3, 0.4) is 0 Å². The topological polar surface area (TPSA) is 49.3 Å². The van der Waals surface area contributed by atoms with Crippen molar-refractivity contribution in [2.75, 3.05) is 25.2 Å². The summed E-state index contributed by atoms with van der Waals surface area (Å²) in [4.78, 5) is 11.8. The third-order valence-corrected chi connectivity index (χ3v) is 3.44. The number of carbonyl (C=O) groups excluding carboxylic acids is 1. The van der Waals surface area contributed by atoms with Crippen molar-refractivity contribution in [2.45, 2.75) is 19.3 Å². The molecule has 21 heavy (non-hydrogen) atoms. The van der Waals surface area contributed by atoms with Crippen molar-refractivity contribution in [1.29, 1.82) is 0 Å². The maximum atomic E-state index is 13.9. The molecule has 0 heterocycles. The maximum absolute atomic E-state index is 13.9. The molecule has 1 aromatic rings. The first-order valence-corrected chi connectivity index (χ1v) is 8.25. The third-order valence-electron chi connectivity index (χ3n) is 2.74. The van der Waals surface area contributed by atoms with Crippen molar-refractivity contribution in [3.63, 3.8) is 0 Å². The molecule has 0 aliphatic heterocycles. The summed E-state index contributed by atoms with van der Waals surface area (Å²) in [7, 11) is 0. The van der Waals surface area contributed by atoms with Crippen LogP contribution >= 0.6 is 11.8 Å². The Morgan fingerprint density at radius 3 is 2.90 bits per heavy atom. The minimum atomic E-state index is -0.576. The van der Waals surface area contributed by atoms with Crippen LogP contribution < -0.4 is 5.32 Å². The number of thioether (sulfide) groups is 1.